The van der Waals surface area contributed by atoms with Crippen molar-refractivity contribution in [3.05, 3.63) is 47.4 Å². The van der Waals surface area contributed by atoms with Crippen LogP contribution < -0.4 is 15.8 Å². The third-order valence-electron chi connectivity index (χ3n) is 3.16. The molecule has 2 amide bonds. The Morgan fingerprint density at radius 2 is 2.21 bits per heavy atom. The minimum atomic E-state index is -2.62. The van der Waals surface area contributed by atoms with Gasteiger partial charge in [-0.3, -0.25) is 9.59 Å². The second-order valence-corrected chi connectivity index (χ2v) is 4.94. The summed E-state index contributed by atoms with van der Waals surface area (Å²) in [6, 6.07) is 4.58. The molecule has 2 rings (SSSR count). The highest BCUT2D eigenvalue weighted by Crippen LogP contribution is 2.15. The fourth-order valence-electron chi connectivity index (χ4n) is 2.02. The number of carbonyl (C=O) groups is 2. The third kappa shape index (κ3) is 4.28. The van der Waals surface area contributed by atoms with Crippen molar-refractivity contribution in [1.82, 2.24) is 14.9 Å². The first-order chi connectivity index (χ1) is 11.4. The van der Waals surface area contributed by atoms with Gasteiger partial charge >= 0.3 is 0 Å². The second kappa shape index (κ2) is 7.53. The molecule has 128 valence electrons. The molecule has 0 spiro atoms. The third-order valence-corrected chi connectivity index (χ3v) is 3.16. The predicted molar refractivity (Wildman–Crippen MR) is 80.8 cm³/mol. The Morgan fingerprint density at radius 3 is 2.83 bits per heavy atom. The number of amides is 2. The zero-order valence-electron chi connectivity index (χ0n) is 12.8. The molecular weight excluding hydrogens is 322 g/mol. The topological polar surface area (TPSA) is 99.2 Å². The largest absolute Gasteiger partial charge is 0.471 e. The van der Waals surface area contributed by atoms with Gasteiger partial charge in [-0.2, -0.15) is 0 Å². The van der Waals surface area contributed by atoms with E-state index in [1.165, 1.54) is 23.0 Å². The van der Waals surface area contributed by atoms with Gasteiger partial charge in [0.05, 0.1) is 5.56 Å². The molecule has 0 aromatic carbocycles. The number of primary amides is 1. The molecule has 0 unspecified atom stereocenters. The van der Waals surface area contributed by atoms with E-state index in [9.17, 15) is 18.4 Å². The molecule has 0 saturated carbocycles. The zero-order chi connectivity index (χ0) is 17.7. The molecule has 2 heterocycles. The molecule has 7 nitrogen and oxygen atoms in total. The molecular formula is C15H16F2N4O3. The van der Waals surface area contributed by atoms with Gasteiger partial charge in [-0.15, -0.1) is 0 Å². The van der Waals surface area contributed by atoms with Crippen LogP contribution >= 0.6 is 0 Å². The van der Waals surface area contributed by atoms with Gasteiger partial charge in [-0.05, 0) is 12.1 Å². The summed E-state index contributed by atoms with van der Waals surface area (Å²) in [5, 5.41) is 2.62. The van der Waals surface area contributed by atoms with Crippen LogP contribution in [0.1, 0.15) is 26.4 Å². The van der Waals surface area contributed by atoms with Gasteiger partial charge in [0.25, 0.3) is 12.3 Å². The molecule has 0 bridgehead atoms. The lowest BCUT2D eigenvalue weighted by Crippen LogP contribution is -2.25. The predicted octanol–water partition coefficient (Wildman–Crippen LogP) is 1.09. The van der Waals surface area contributed by atoms with Crippen molar-refractivity contribution in [3.8, 4) is 5.88 Å². The second-order valence-electron chi connectivity index (χ2n) is 4.94. The van der Waals surface area contributed by atoms with Gasteiger partial charge in [0.15, 0.2) is 6.61 Å². The van der Waals surface area contributed by atoms with Crippen molar-refractivity contribution >= 4 is 11.8 Å². The normalized spacial score (nSPS) is 10.7. The van der Waals surface area contributed by atoms with Crippen LogP contribution in [0, 0.1) is 0 Å². The minimum absolute atomic E-state index is 0.0301. The Bertz CT molecular complexity index is 746. The van der Waals surface area contributed by atoms with Gasteiger partial charge in [-0.1, -0.05) is 6.07 Å². The molecule has 9 heteroatoms. The Kier molecular flexibility index (Phi) is 5.46. The van der Waals surface area contributed by atoms with Crippen LogP contribution in [-0.4, -0.2) is 34.4 Å². The molecule has 0 atom stereocenters. The molecule has 0 aliphatic heterocycles. The van der Waals surface area contributed by atoms with Crippen LogP contribution in [0.2, 0.25) is 0 Å². The maximum Gasteiger partial charge on any atom is 0.272 e. The van der Waals surface area contributed by atoms with Crippen molar-refractivity contribution in [2.45, 2.75) is 13.0 Å². The number of hydrogen-bond donors (Lipinski definition) is 2. The van der Waals surface area contributed by atoms with E-state index in [0.717, 1.165) is 0 Å². The summed E-state index contributed by atoms with van der Waals surface area (Å²) < 4.78 is 30.9. The summed E-state index contributed by atoms with van der Waals surface area (Å²) in [6.45, 7) is -0.750. The summed E-state index contributed by atoms with van der Waals surface area (Å²) in [6.07, 6.45) is 0.228. The number of nitrogens with one attached hydrogen (secondary N) is 1. The number of aromatic nitrogens is 2. The first-order valence-electron chi connectivity index (χ1n) is 6.97. The van der Waals surface area contributed by atoms with E-state index >= 15 is 0 Å². The first-order valence-corrected chi connectivity index (χ1v) is 6.97. The molecule has 0 fully saturated rings. The number of carbonyl (C=O) groups excluding carboxylic acids is 2. The van der Waals surface area contributed by atoms with E-state index in [0.29, 0.717) is 5.56 Å². The van der Waals surface area contributed by atoms with Crippen LogP contribution in [0.4, 0.5) is 8.78 Å². The number of pyridine rings is 1. The van der Waals surface area contributed by atoms with Crippen molar-refractivity contribution in [2.24, 2.45) is 12.8 Å². The van der Waals surface area contributed by atoms with Crippen LogP contribution in [-0.2, 0) is 13.6 Å². The average Bonchev–Trinajstić information content (AvgIpc) is 2.93. The maximum atomic E-state index is 12.2. The monoisotopic (exact) mass is 338 g/mol. The average molecular weight is 338 g/mol. The lowest BCUT2D eigenvalue weighted by molar-refractivity contribution is 0.0787. The molecule has 0 aliphatic rings. The lowest BCUT2D eigenvalue weighted by Gasteiger charge is -2.11. The molecule has 2 aromatic rings. The fourth-order valence-corrected chi connectivity index (χ4v) is 2.02. The van der Waals surface area contributed by atoms with E-state index in [-0.39, 0.29) is 23.7 Å². The quantitative estimate of drug-likeness (QED) is 0.789. The van der Waals surface area contributed by atoms with E-state index in [2.05, 4.69) is 10.3 Å². The Balaban J connectivity index is 2.05. The van der Waals surface area contributed by atoms with Gasteiger partial charge in [0.2, 0.25) is 11.8 Å². The first kappa shape index (κ1) is 17.4. The molecule has 0 radical (unpaired) electrons. The molecule has 2 aromatic heterocycles. The van der Waals surface area contributed by atoms with Crippen molar-refractivity contribution in [1.29, 1.82) is 0 Å². The van der Waals surface area contributed by atoms with E-state index in [1.54, 1.807) is 19.2 Å². The van der Waals surface area contributed by atoms with Crippen molar-refractivity contribution < 1.29 is 23.1 Å². The standard InChI is InChI=1S/C15H16F2N4O3/c1-21-7-10(13(18)22)5-11(21)14(23)20-6-9-3-2-4-19-15(9)24-8-12(16)17/h2-5,7,12H,6,8H2,1H3,(H2,18,22)(H,20,23). The highest BCUT2D eigenvalue weighted by molar-refractivity contribution is 5.98. The highest BCUT2D eigenvalue weighted by Gasteiger charge is 2.15. The van der Waals surface area contributed by atoms with E-state index in [4.69, 9.17) is 10.5 Å². The molecule has 24 heavy (non-hydrogen) atoms. The van der Waals surface area contributed by atoms with E-state index in [1.807, 2.05) is 0 Å². The van der Waals surface area contributed by atoms with Gasteiger partial charge in [0, 0.05) is 31.5 Å². The SMILES string of the molecule is Cn1cc(C(N)=O)cc1C(=O)NCc1cccnc1OCC(F)F. The van der Waals surface area contributed by atoms with Gasteiger partial charge < -0.3 is 20.4 Å². The number of hydrogen-bond acceptors (Lipinski definition) is 4. The summed E-state index contributed by atoms with van der Waals surface area (Å²) in [5.74, 6) is -1.06. The van der Waals surface area contributed by atoms with Crippen molar-refractivity contribution in [3.63, 3.8) is 0 Å². The van der Waals surface area contributed by atoms with E-state index < -0.39 is 24.8 Å². The number of alkyl halides is 2. The minimum Gasteiger partial charge on any atom is -0.471 e. The Hall–Kier alpha value is -2.97. The lowest BCUT2D eigenvalue weighted by atomic mass is 10.2. The molecule has 0 aliphatic carbocycles. The Labute approximate surface area is 136 Å². The van der Waals surface area contributed by atoms with Crippen LogP contribution in [0.5, 0.6) is 5.88 Å². The fraction of sp³-hybridized carbons (Fsp3) is 0.267. The summed E-state index contributed by atoms with van der Waals surface area (Å²) in [7, 11) is 1.60. The van der Waals surface area contributed by atoms with Gasteiger partial charge in [0.1, 0.15) is 5.69 Å². The summed E-state index contributed by atoms with van der Waals surface area (Å²) in [4.78, 5) is 27.2. The zero-order valence-corrected chi connectivity index (χ0v) is 12.8. The highest BCUT2D eigenvalue weighted by atomic mass is 19.3. The van der Waals surface area contributed by atoms with Crippen molar-refractivity contribution in [2.75, 3.05) is 6.61 Å². The summed E-state index contributed by atoms with van der Waals surface area (Å²) >= 11 is 0. The van der Waals surface area contributed by atoms with Crippen LogP contribution in [0.25, 0.3) is 0 Å². The number of nitrogens with zero attached hydrogens (tertiary/aromatic N) is 2. The maximum absolute atomic E-state index is 12.2. The Morgan fingerprint density at radius 1 is 1.46 bits per heavy atom. The number of ether oxygens (including phenoxy) is 1. The summed E-state index contributed by atoms with van der Waals surface area (Å²) in [5.41, 5.74) is 6.07. The number of halogens is 2. The number of rotatable bonds is 7. The number of aryl methyl sites for hydroxylation is 1. The molecule has 0 saturated heterocycles. The molecule has 3 N–H and O–H groups in total. The smallest absolute Gasteiger partial charge is 0.272 e. The van der Waals surface area contributed by atoms with Crippen LogP contribution in [0.15, 0.2) is 30.6 Å². The van der Waals surface area contributed by atoms with Crippen LogP contribution in [0.3, 0.4) is 0 Å². The number of nitrogens with two attached hydrogens (primary N) is 1. The van der Waals surface area contributed by atoms with Gasteiger partial charge in [-0.25, -0.2) is 13.8 Å².